The van der Waals surface area contributed by atoms with Gasteiger partial charge in [-0.15, -0.1) is 19.7 Å². The monoisotopic (exact) mass is 326 g/mol. The van der Waals surface area contributed by atoms with E-state index in [0.29, 0.717) is 6.61 Å². The van der Waals surface area contributed by atoms with Crippen molar-refractivity contribution in [2.75, 3.05) is 6.61 Å². The maximum absolute atomic E-state index is 10.2. The van der Waals surface area contributed by atoms with Gasteiger partial charge in [-0.2, -0.15) is 0 Å². The van der Waals surface area contributed by atoms with Crippen molar-refractivity contribution in [3.8, 4) is 0 Å². The van der Waals surface area contributed by atoms with Crippen molar-refractivity contribution in [3.63, 3.8) is 0 Å². The SMILES string of the molecule is C=C[Si](C=C)(C=C)CCC[Si](C)(C)CCCCOC(=O)O. The van der Waals surface area contributed by atoms with Crippen molar-refractivity contribution >= 4 is 22.3 Å². The molecule has 0 spiro atoms. The lowest BCUT2D eigenvalue weighted by Crippen LogP contribution is -2.29. The van der Waals surface area contributed by atoms with Crippen LogP contribution in [0.4, 0.5) is 4.79 Å². The molecule has 0 saturated heterocycles. The Labute approximate surface area is 131 Å². The van der Waals surface area contributed by atoms with Crippen LogP contribution in [0.5, 0.6) is 0 Å². The Balaban J connectivity index is 4.01. The van der Waals surface area contributed by atoms with Crippen LogP contribution in [0.3, 0.4) is 0 Å². The average Bonchev–Trinajstić information content (AvgIpc) is 2.43. The van der Waals surface area contributed by atoms with E-state index in [2.05, 4.69) is 54.7 Å². The van der Waals surface area contributed by atoms with Crippen LogP contribution in [0.25, 0.3) is 0 Å². The molecule has 0 amide bonds. The van der Waals surface area contributed by atoms with Crippen LogP contribution in [0, 0.1) is 0 Å². The molecule has 5 heteroatoms. The normalized spacial score (nSPS) is 11.7. The summed E-state index contributed by atoms with van der Waals surface area (Å²) in [6.45, 7) is 17.0. The van der Waals surface area contributed by atoms with Gasteiger partial charge in [0.25, 0.3) is 0 Å². The average molecular weight is 327 g/mol. The van der Waals surface area contributed by atoms with Gasteiger partial charge in [-0.05, 0) is 12.5 Å². The summed E-state index contributed by atoms with van der Waals surface area (Å²) >= 11 is 0. The maximum atomic E-state index is 10.2. The Bertz CT molecular complexity index is 343. The molecule has 0 saturated carbocycles. The van der Waals surface area contributed by atoms with E-state index in [-0.39, 0.29) is 0 Å². The Morgan fingerprint density at radius 1 is 1.00 bits per heavy atom. The van der Waals surface area contributed by atoms with E-state index in [4.69, 9.17) is 5.11 Å². The third-order valence-corrected chi connectivity index (χ3v) is 11.0. The fourth-order valence-electron chi connectivity index (χ4n) is 2.42. The number of hydrogen-bond acceptors (Lipinski definition) is 2. The first kappa shape index (κ1) is 19.9. The van der Waals surface area contributed by atoms with Gasteiger partial charge in [-0.3, -0.25) is 0 Å². The molecule has 21 heavy (non-hydrogen) atoms. The van der Waals surface area contributed by atoms with Crippen LogP contribution in [0.1, 0.15) is 19.3 Å². The summed E-state index contributed by atoms with van der Waals surface area (Å²) in [5.41, 5.74) is 6.18. The summed E-state index contributed by atoms with van der Waals surface area (Å²) in [4.78, 5) is 10.2. The van der Waals surface area contributed by atoms with Crippen LogP contribution in [0.2, 0.25) is 31.2 Å². The second-order valence-corrected chi connectivity index (χ2v) is 15.6. The smallest absolute Gasteiger partial charge is 0.450 e. The van der Waals surface area contributed by atoms with Crippen molar-refractivity contribution in [3.05, 3.63) is 36.8 Å². The number of rotatable bonds is 12. The lowest BCUT2D eigenvalue weighted by Gasteiger charge is -2.25. The maximum Gasteiger partial charge on any atom is 0.505 e. The minimum atomic E-state index is -1.65. The van der Waals surface area contributed by atoms with Gasteiger partial charge >= 0.3 is 6.16 Å². The molecule has 0 aliphatic rings. The molecule has 0 aliphatic carbocycles. The largest absolute Gasteiger partial charge is 0.505 e. The Morgan fingerprint density at radius 3 is 2.00 bits per heavy atom. The van der Waals surface area contributed by atoms with Gasteiger partial charge in [-0.1, -0.05) is 55.1 Å². The predicted octanol–water partition coefficient (Wildman–Crippen LogP) is 5.18. The molecule has 0 radical (unpaired) electrons. The molecule has 0 aromatic heterocycles. The van der Waals surface area contributed by atoms with Gasteiger partial charge in [0, 0.05) is 8.07 Å². The van der Waals surface area contributed by atoms with E-state index in [1.807, 2.05) is 0 Å². The Morgan fingerprint density at radius 2 is 1.52 bits per heavy atom. The minimum Gasteiger partial charge on any atom is -0.450 e. The zero-order chi connectivity index (χ0) is 16.4. The van der Waals surface area contributed by atoms with Gasteiger partial charge < -0.3 is 9.84 Å². The van der Waals surface area contributed by atoms with Crippen molar-refractivity contribution in [1.82, 2.24) is 0 Å². The molecule has 120 valence electrons. The first-order valence-electron chi connectivity index (χ1n) is 7.57. The fraction of sp³-hybridized carbons (Fsp3) is 0.562. The molecule has 1 N–H and O–H groups in total. The van der Waals surface area contributed by atoms with E-state index >= 15 is 0 Å². The van der Waals surface area contributed by atoms with E-state index in [1.165, 1.54) is 18.5 Å². The summed E-state index contributed by atoms with van der Waals surface area (Å²) in [5, 5.41) is 8.40. The zero-order valence-electron chi connectivity index (χ0n) is 13.6. The second kappa shape index (κ2) is 9.79. The van der Waals surface area contributed by atoms with Crippen molar-refractivity contribution in [2.24, 2.45) is 0 Å². The summed E-state index contributed by atoms with van der Waals surface area (Å²) < 4.78 is 4.53. The molecule has 3 nitrogen and oxygen atoms in total. The summed E-state index contributed by atoms with van der Waals surface area (Å²) in [6.07, 6.45) is 1.92. The van der Waals surface area contributed by atoms with Gasteiger partial charge in [-0.25, -0.2) is 4.79 Å². The molecule has 0 aliphatic heterocycles. The third-order valence-electron chi connectivity index (χ3n) is 4.08. The molecule has 0 aromatic carbocycles. The standard InChI is InChI=1S/C16H30O3Si2/c1-6-21(7-2,8-3)15-11-14-20(4,5)13-10-9-12-19-16(17)18/h6-8H,1-3,9-15H2,4-5H3,(H,17,18). The first-order valence-corrected chi connectivity index (χ1v) is 13.4. The first-order chi connectivity index (χ1) is 9.81. The number of carbonyl (C=O) groups is 1. The lowest BCUT2D eigenvalue weighted by molar-refractivity contribution is 0.0904. The molecule has 0 aromatic rings. The van der Waals surface area contributed by atoms with Gasteiger partial charge in [0.15, 0.2) is 0 Å². The van der Waals surface area contributed by atoms with Crippen molar-refractivity contribution in [2.45, 2.75) is 50.5 Å². The van der Waals surface area contributed by atoms with Crippen LogP contribution >= 0.6 is 0 Å². The number of ether oxygens (including phenoxy) is 1. The quantitative estimate of drug-likeness (QED) is 0.305. The van der Waals surface area contributed by atoms with Crippen LogP contribution in [-0.4, -0.2) is 34.0 Å². The van der Waals surface area contributed by atoms with E-state index in [9.17, 15) is 4.79 Å². The predicted molar refractivity (Wildman–Crippen MR) is 96.1 cm³/mol. The summed E-state index contributed by atoms with van der Waals surface area (Å²) in [5.74, 6) is 0. The van der Waals surface area contributed by atoms with E-state index in [1.54, 1.807) is 0 Å². The molecular formula is C16H30O3Si2. The molecule has 0 atom stereocenters. The van der Waals surface area contributed by atoms with Gasteiger partial charge in [0.05, 0.1) is 6.61 Å². The summed E-state index contributed by atoms with van der Waals surface area (Å²) in [7, 11) is -2.85. The molecule has 0 bridgehead atoms. The highest BCUT2D eigenvalue weighted by atomic mass is 28.3. The topological polar surface area (TPSA) is 46.5 Å². The molecule has 0 fully saturated rings. The van der Waals surface area contributed by atoms with E-state index in [0.717, 1.165) is 18.9 Å². The van der Waals surface area contributed by atoms with E-state index < -0.39 is 22.3 Å². The number of unbranched alkanes of at least 4 members (excludes halogenated alkanes) is 1. The second-order valence-electron chi connectivity index (χ2n) is 6.31. The molecule has 0 unspecified atom stereocenters. The molecule has 0 heterocycles. The fourth-order valence-corrected chi connectivity index (χ4v) is 7.27. The Hall–Kier alpha value is -1.08. The lowest BCUT2D eigenvalue weighted by atomic mass is 10.4. The zero-order valence-corrected chi connectivity index (χ0v) is 15.6. The summed E-state index contributed by atoms with van der Waals surface area (Å²) in [6, 6.07) is 3.67. The van der Waals surface area contributed by atoms with Crippen molar-refractivity contribution in [1.29, 1.82) is 0 Å². The Kier molecular flexibility index (Phi) is 9.29. The van der Waals surface area contributed by atoms with Crippen LogP contribution in [-0.2, 0) is 4.74 Å². The minimum absolute atomic E-state index is 0.319. The highest BCUT2D eigenvalue weighted by Crippen LogP contribution is 2.25. The van der Waals surface area contributed by atoms with Crippen molar-refractivity contribution < 1.29 is 14.6 Å². The third kappa shape index (κ3) is 8.73. The highest BCUT2D eigenvalue weighted by Gasteiger charge is 2.24. The molecule has 0 rings (SSSR count). The van der Waals surface area contributed by atoms with Crippen LogP contribution in [0.15, 0.2) is 36.8 Å². The van der Waals surface area contributed by atoms with Gasteiger partial charge in [0.1, 0.15) is 8.07 Å². The highest BCUT2D eigenvalue weighted by molar-refractivity contribution is 6.93. The number of carboxylic acid groups (broad SMARTS) is 1. The van der Waals surface area contributed by atoms with Crippen LogP contribution < -0.4 is 0 Å². The molecular weight excluding hydrogens is 296 g/mol. The van der Waals surface area contributed by atoms with Gasteiger partial charge in [0.2, 0.25) is 0 Å². The number of hydrogen-bond donors (Lipinski definition) is 1.